The molecule has 2 aromatic rings. The van der Waals surface area contributed by atoms with Crippen molar-refractivity contribution >= 4 is 17.7 Å². The number of fused-ring (bicyclic) bond motifs is 1. The highest BCUT2D eigenvalue weighted by atomic mass is 16.5. The average molecular weight is 323 g/mol. The number of hydrogen-bond donors (Lipinski definition) is 1. The summed E-state index contributed by atoms with van der Waals surface area (Å²) in [6.45, 7) is 4.57. The quantitative estimate of drug-likeness (QED) is 0.844. The highest BCUT2D eigenvalue weighted by molar-refractivity contribution is 6.02. The van der Waals surface area contributed by atoms with Gasteiger partial charge in [-0.1, -0.05) is 18.2 Å². The number of carbonyl (C=O) groups is 1. The van der Waals surface area contributed by atoms with Gasteiger partial charge in [-0.05, 0) is 44.2 Å². The molecule has 0 fully saturated rings. The van der Waals surface area contributed by atoms with Crippen LogP contribution in [0.4, 0.5) is 5.69 Å². The summed E-state index contributed by atoms with van der Waals surface area (Å²) in [6, 6.07) is 13.3. The van der Waals surface area contributed by atoms with E-state index in [4.69, 9.17) is 9.47 Å². The van der Waals surface area contributed by atoms with Crippen LogP contribution in [0, 0.1) is 0 Å². The monoisotopic (exact) mass is 323 g/mol. The molecule has 1 aliphatic rings. The first kappa shape index (κ1) is 16.1. The number of ether oxygens (including phenoxy) is 2. The summed E-state index contributed by atoms with van der Waals surface area (Å²) in [7, 11) is 0. The van der Waals surface area contributed by atoms with Gasteiger partial charge in [-0.2, -0.15) is 0 Å². The minimum Gasteiger partial charge on any atom is -0.493 e. The summed E-state index contributed by atoms with van der Waals surface area (Å²) >= 11 is 0. The van der Waals surface area contributed by atoms with E-state index in [0.29, 0.717) is 6.61 Å². The molecule has 1 N–H and O–H groups in total. The van der Waals surface area contributed by atoms with Crippen LogP contribution < -0.4 is 14.8 Å². The number of amides is 1. The highest BCUT2D eigenvalue weighted by Gasteiger charge is 2.21. The van der Waals surface area contributed by atoms with E-state index in [1.54, 1.807) is 6.08 Å². The van der Waals surface area contributed by atoms with E-state index in [9.17, 15) is 4.79 Å². The van der Waals surface area contributed by atoms with E-state index < -0.39 is 0 Å². The maximum Gasteiger partial charge on any atom is 0.248 e. The number of para-hydroxylation sites is 1. The minimum absolute atomic E-state index is 0.176. The zero-order chi connectivity index (χ0) is 16.9. The lowest BCUT2D eigenvalue weighted by Gasteiger charge is -2.10. The Balaban J connectivity index is 1.78. The Hall–Kier alpha value is -2.75. The lowest BCUT2D eigenvalue weighted by molar-refractivity contribution is -0.111. The SMILES string of the molecule is CCOc1cc2c(cc1/C=C/C(=O)Nc1ccccc1)O[C@@H](C)C2. The van der Waals surface area contributed by atoms with Crippen molar-refractivity contribution in [3.05, 3.63) is 59.7 Å². The van der Waals surface area contributed by atoms with Crippen LogP contribution in [0.1, 0.15) is 25.0 Å². The maximum absolute atomic E-state index is 12.1. The third-order valence-corrected chi connectivity index (χ3v) is 3.78. The normalized spacial score (nSPS) is 15.8. The maximum atomic E-state index is 12.1. The third kappa shape index (κ3) is 3.77. The Kier molecular flexibility index (Phi) is 4.85. The Morgan fingerprint density at radius 2 is 2.12 bits per heavy atom. The Bertz CT molecular complexity index is 753. The molecule has 1 amide bonds. The van der Waals surface area contributed by atoms with Crippen LogP contribution in [0.15, 0.2) is 48.5 Å². The van der Waals surface area contributed by atoms with Gasteiger partial charge < -0.3 is 14.8 Å². The first-order chi connectivity index (χ1) is 11.7. The number of benzene rings is 2. The molecule has 2 aromatic carbocycles. The number of hydrogen-bond acceptors (Lipinski definition) is 3. The van der Waals surface area contributed by atoms with Gasteiger partial charge in [0.15, 0.2) is 0 Å². The molecule has 0 bridgehead atoms. The lowest BCUT2D eigenvalue weighted by atomic mass is 10.1. The van der Waals surface area contributed by atoms with Crippen LogP contribution in [0.5, 0.6) is 11.5 Å². The summed E-state index contributed by atoms with van der Waals surface area (Å²) in [5.74, 6) is 1.46. The zero-order valence-electron chi connectivity index (χ0n) is 13.9. The minimum atomic E-state index is -0.182. The number of anilines is 1. The Morgan fingerprint density at radius 3 is 2.88 bits per heavy atom. The Labute approximate surface area is 142 Å². The van der Waals surface area contributed by atoms with Gasteiger partial charge in [0.25, 0.3) is 0 Å². The van der Waals surface area contributed by atoms with Crippen molar-refractivity contribution in [1.29, 1.82) is 0 Å². The molecule has 4 nitrogen and oxygen atoms in total. The molecule has 124 valence electrons. The summed E-state index contributed by atoms with van der Waals surface area (Å²) in [5.41, 5.74) is 2.76. The van der Waals surface area contributed by atoms with Crippen molar-refractivity contribution in [1.82, 2.24) is 0 Å². The van der Waals surface area contributed by atoms with E-state index in [-0.39, 0.29) is 12.0 Å². The van der Waals surface area contributed by atoms with Gasteiger partial charge in [0.1, 0.15) is 17.6 Å². The van der Waals surface area contributed by atoms with E-state index in [0.717, 1.165) is 34.7 Å². The highest BCUT2D eigenvalue weighted by Crippen LogP contribution is 2.35. The summed E-state index contributed by atoms with van der Waals surface area (Å²) < 4.78 is 11.5. The predicted molar refractivity (Wildman–Crippen MR) is 95.5 cm³/mol. The molecule has 0 aromatic heterocycles. The van der Waals surface area contributed by atoms with Gasteiger partial charge in [0.2, 0.25) is 5.91 Å². The lowest BCUT2D eigenvalue weighted by Crippen LogP contribution is -2.07. The molecule has 4 heteroatoms. The van der Waals surface area contributed by atoms with Crippen LogP contribution in [-0.2, 0) is 11.2 Å². The second-order valence-electron chi connectivity index (χ2n) is 5.75. The van der Waals surface area contributed by atoms with E-state index in [2.05, 4.69) is 5.32 Å². The number of nitrogens with one attached hydrogen (secondary N) is 1. The van der Waals surface area contributed by atoms with Crippen LogP contribution in [0.3, 0.4) is 0 Å². The molecule has 1 heterocycles. The molecule has 1 atom stereocenters. The molecule has 0 spiro atoms. The van der Waals surface area contributed by atoms with E-state index in [1.807, 2.05) is 56.3 Å². The van der Waals surface area contributed by atoms with Crippen LogP contribution >= 0.6 is 0 Å². The largest absolute Gasteiger partial charge is 0.493 e. The average Bonchev–Trinajstić information content (AvgIpc) is 2.93. The summed E-state index contributed by atoms with van der Waals surface area (Å²) in [5, 5.41) is 2.83. The second-order valence-corrected chi connectivity index (χ2v) is 5.75. The summed E-state index contributed by atoms with van der Waals surface area (Å²) in [6.07, 6.45) is 4.33. The van der Waals surface area contributed by atoms with Crippen LogP contribution in [0.25, 0.3) is 6.08 Å². The van der Waals surface area contributed by atoms with Crippen molar-refractivity contribution in [3.63, 3.8) is 0 Å². The van der Waals surface area contributed by atoms with Gasteiger partial charge in [-0.25, -0.2) is 0 Å². The van der Waals surface area contributed by atoms with Crippen molar-refractivity contribution in [2.24, 2.45) is 0 Å². The van der Waals surface area contributed by atoms with E-state index in [1.165, 1.54) is 6.08 Å². The topological polar surface area (TPSA) is 47.6 Å². The molecule has 0 unspecified atom stereocenters. The van der Waals surface area contributed by atoms with Crippen LogP contribution in [0.2, 0.25) is 0 Å². The fourth-order valence-corrected chi connectivity index (χ4v) is 2.74. The molecular weight excluding hydrogens is 302 g/mol. The molecule has 0 aliphatic carbocycles. The molecule has 0 saturated heterocycles. The van der Waals surface area contributed by atoms with Gasteiger partial charge in [-0.15, -0.1) is 0 Å². The summed E-state index contributed by atoms with van der Waals surface area (Å²) in [4.78, 5) is 12.1. The first-order valence-corrected chi connectivity index (χ1v) is 8.16. The van der Waals surface area contributed by atoms with Gasteiger partial charge in [0.05, 0.1) is 6.61 Å². The first-order valence-electron chi connectivity index (χ1n) is 8.16. The number of rotatable bonds is 5. The molecule has 1 aliphatic heterocycles. The molecule has 3 rings (SSSR count). The fourth-order valence-electron chi connectivity index (χ4n) is 2.74. The fraction of sp³-hybridized carbons (Fsp3) is 0.250. The van der Waals surface area contributed by atoms with Crippen molar-refractivity contribution in [3.8, 4) is 11.5 Å². The third-order valence-electron chi connectivity index (χ3n) is 3.78. The van der Waals surface area contributed by atoms with Crippen molar-refractivity contribution in [2.75, 3.05) is 11.9 Å². The molecular formula is C20H21NO3. The molecule has 0 radical (unpaired) electrons. The Morgan fingerprint density at radius 1 is 1.33 bits per heavy atom. The molecule has 24 heavy (non-hydrogen) atoms. The molecule has 0 saturated carbocycles. The zero-order valence-corrected chi connectivity index (χ0v) is 13.9. The smallest absolute Gasteiger partial charge is 0.248 e. The van der Waals surface area contributed by atoms with Crippen molar-refractivity contribution < 1.29 is 14.3 Å². The van der Waals surface area contributed by atoms with E-state index >= 15 is 0 Å². The van der Waals surface area contributed by atoms with Gasteiger partial charge in [0, 0.05) is 29.3 Å². The van der Waals surface area contributed by atoms with Gasteiger partial charge in [-0.3, -0.25) is 4.79 Å². The second kappa shape index (κ2) is 7.21. The van der Waals surface area contributed by atoms with Gasteiger partial charge >= 0.3 is 0 Å². The van der Waals surface area contributed by atoms with Crippen LogP contribution in [-0.4, -0.2) is 18.6 Å². The number of carbonyl (C=O) groups excluding carboxylic acids is 1. The standard InChI is InChI=1S/C20H21NO3/c1-3-23-18-13-16-11-14(2)24-19(16)12-15(18)9-10-20(22)21-17-7-5-4-6-8-17/h4-10,12-14H,3,11H2,1-2H3,(H,21,22)/b10-9+/t14-/m0/s1. The van der Waals surface area contributed by atoms with Crippen molar-refractivity contribution in [2.45, 2.75) is 26.4 Å². The predicted octanol–water partition coefficient (Wildman–Crippen LogP) is 4.06.